The zero-order valence-electron chi connectivity index (χ0n) is 11.3. The number of aryl methyl sites for hydroxylation is 5. The van der Waals surface area contributed by atoms with Crippen LogP contribution in [0, 0.1) is 27.7 Å². The molecule has 1 aromatic carbocycles. The van der Waals surface area contributed by atoms with Crippen molar-refractivity contribution in [2.24, 2.45) is 0 Å². The minimum atomic E-state index is 0.984. The SMILES string of the molecule is CCc1cc(C)n(-c2c(C)cc(C)cc2C)n1. The smallest absolute Gasteiger partial charge is 0.0707 e. The van der Waals surface area contributed by atoms with Crippen LogP contribution in [0.4, 0.5) is 0 Å². The van der Waals surface area contributed by atoms with Crippen molar-refractivity contribution in [2.75, 3.05) is 0 Å². The second-order valence-corrected chi connectivity index (χ2v) is 4.79. The Labute approximate surface area is 103 Å². The Kier molecular flexibility index (Phi) is 3.05. The maximum Gasteiger partial charge on any atom is 0.0707 e. The van der Waals surface area contributed by atoms with Crippen LogP contribution < -0.4 is 0 Å². The van der Waals surface area contributed by atoms with Crippen LogP contribution >= 0.6 is 0 Å². The highest BCUT2D eigenvalue weighted by Gasteiger charge is 2.10. The van der Waals surface area contributed by atoms with Crippen molar-refractivity contribution in [3.8, 4) is 5.69 Å². The summed E-state index contributed by atoms with van der Waals surface area (Å²) in [6, 6.07) is 6.60. The molecule has 0 aliphatic heterocycles. The molecule has 1 heterocycles. The minimum Gasteiger partial charge on any atom is -0.237 e. The predicted octanol–water partition coefficient (Wildman–Crippen LogP) is 3.67. The van der Waals surface area contributed by atoms with Gasteiger partial charge in [0.2, 0.25) is 0 Å². The first-order valence-electron chi connectivity index (χ1n) is 6.16. The third kappa shape index (κ3) is 2.12. The lowest BCUT2D eigenvalue weighted by atomic mass is 10.1. The maximum atomic E-state index is 4.67. The summed E-state index contributed by atoms with van der Waals surface area (Å²) in [5, 5.41) is 4.67. The summed E-state index contributed by atoms with van der Waals surface area (Å²) in [5.74, 6) is 0. The zero-order valence-corrected chi connectivity index (χ0v) is 11.3. The molecule has 0 aliphatic rings. The van der Waals surface area contributed by atoms with Gasteiger partial charge in [-0.3, -0.25) is 0 Å². The lowest BCUT2D eigenvalue weighted by Crippen LogP contribution is -2.04. The Morgan fingerprint density at radius 1 is 1.00 bits per heavy atom. The molecule has 0 radical (unpaired) electrons. The van der Waals surface area contributed by atoms with Gasteiger partial charge in [0.1, 0.15) is 0 Å². The lowest BCUT2D eigenvalue weighted by Gasteiger charge is -2.12. The summed E-state index contributed by atoms with van der Waals surface area (Å²) >= 11 is 0. The molecule has 0 unspecified atom stereocenters. The van der Waals surface area contributed by atoms with E-state index in [2.05, 4.69) is 62.6 Å². The number of rotatable bonds is 2. The Balaban J connectivity index is 2.63. The van der Waals surface area contributed by atoms with Crippen LogP contribution in [0.2, 0.25) is 0 Å². The van der Waals surface area contributed by atoms with Crippen LogP contribution in [0.3, 0.4) is 0 Å². The third-order valence-corrected chi connectivity index (χ3v) is 3.15. The van der Waals surface area contributed by atoms with Crippen LogP contribution in [-0.4, -0.2) is 9.78 Å². The number of hydrogen-bond acceptors (Lipinski definition) is 1. The number of aromatic nitrogens is 2. The second-order valence-electron chi connectivity index (χ2n) is 4.79. The van der Waals surface area contributed by atoms with E-state index in [1.54, 1.807) is 0 Å². The van der Waals surface area contributed by atoms with Crippen LogP contribution in [0.15, 0.2) is 18.2 Å². The van der Waals surface area contributed by atoms with Gasteiger partial charge in [0, 0.05) is 5.69 Å². The average molecular weight is 228 g/mol. The number of nitrogens with zero attached hydrogens (tertiary/aromatic N) is 2. The molecule has 2 nitrogen and oxygen atoms in total. The van der Waals surface area contributed by atoms with Gasteiger partial charge in [0.05, 0.1) is 11.4 Å². The molecule has 0 amide bonds. The van der Waals surface area contributed by atoms with Crippen molar-refractivity contribution < 1.29 is 0 Å². The summed E-state index contributed by atoms with van der Waals surface area (Å²) in [4.78, 5) is 0. The molecule has 0 fully saturated rings. The van der Waals surface area contributed by atoms with E-state index in [-0.39, 0.29) is 0 Å². The van der Waals surface area contributed by atoms with E-state index in [4.69, 9.17) is 0 Å². The van der Waals surface area contributed by atoms with E-state index in [0.717, 1.165) is 12.1 Å². The van der Waals surface area contributed by atoms with E-state index >= 15 is 0 Å². The second kappa shape index (κ2) is 4.36. The number of hydrogen-bond donors (Lipinski definition) is 0. The monoisotopic (exact) mass is 228 g/mol. The van der Waals surface area contributed by atoms with E-state index in [1.807, 2.05) is 0 Å². The molecule has 2 rings (SSSR count). The summed E-state index contributed by atoms with van der Waals surface area (Å²) in [6.45, 7) is 10.7. The first-order chi connectivity index (χ1) is 8.02. The molecule has 90 valence electrons. The predicted molar refractivity (Wildman–Crippen MR) is 71.9 cm³/mol. The first kappa shape index (κ1) is 11.9. The molecule has 2 aromatic rings. The first-order valence-corrected chi connectivity index (χ1v) is 6.16. The summed E-state index contributed by atoms with van der Waals surface area (Å²) in [6.07, 6.45) is 0.984. The van der Waals surface area contributed by atoms with Gasteiger partial charge >= 0.3 is 0 Å². The van der Waals surface area contributed by atoms with E-state index in [9.17, 15) is 0 Å². The normalized spacial score (nSPS) is 10.9. The molecule has 0 bridgehead atoms. The Hall–Kier alpha value is -1.57. The standard InChI is InChI=1S/C15H20N2/c1-6-14-9-13(5)17(16-14)15-11(3)7-10(2)8-12(15)4/h7-9H,6H2,1-5H3. The van der Waals surface area contributed by atoms with Crippen molar-refractivity contribution in [3.05, 3.63) is 46.3 Å². The summed E-state index contributed by atoms with van der Waals surface area (Å²) in [7, 11) is 0. The van der Waals surface area contributed by atoms with Gasteiger partial charge < -0.3 is 0 Å². The van der Waals surface area contributed by atoms with Crippen molar-refractivity contribution in [3.63, 3.8) is 0 Å². The molecule has 2 heteroatoms. The molecule has 1 aromatic heterocycles. The van der Waals surface area contributed by atoms with Gasteiger partial charge in [-0.15, -0.1) is 0 Å². The largest absolute Gasteiger partial charge is 0.237 e. The highest BCUT2D eigenvalue weighted by atomic mass is 15.3. The maximum absolute atomic E-state index is 4.67. The topological polar surface area (TPSA) is 17.8 Å². The molecule has 0 N–H and O–H groups in total. The molecule has 0 spiro atoms. The fourth-order valence-corrected chi connectivity index (χ4v) is 2.44. The number of benzene rings is 1. The van der Waals surface area contributed by atoms with E-state index in [1.165, 1.54) is 28.1 Å². The van der Waals surface area contributed by atoms with Gasteiger partial charge in [-0.2, -0.15) is 5.10 Å². The quantitative estimate of drug-likeness (QED) is 0.767. The van der Waals surface area contributed by atoms with Crippen molar-refractivity contribution in [1.82, 2.24) is 9.78 Å². The van der Waals surface area contributed by atoms with Crippen LogP contribution in [0.5, 0.6) is 0 Å². The zero-order chi connectivity index (χ0) is 12.6. The molecular formula is C15H20N2. The van der Waals surface area contributed by atoms with Gasteiger partial charge in [0.25, 0.3) is 0 Å². The van der Waals surface area contributed by atoms with E-state index in [0.29, 0.717) is 0 Å². The molecule has 0 saturated carbocycles. The van der Waals surface area contributed by atoms with Gasteiger partial charge in [-0.1, -0.05) is 24.6 Å². The van der Waals surface area contributed by atoms with Crippen molar-refractivity contribution >= 4 is 0 Å². The Morgan fingerprint density at radius 2 is 1.59 bits per heavy atom. The summed E-state index contributed by atoms with van der Waals surface area (Å²) in [5.41, 5.74) is 7.48. The van der Waals surface area contributed by atoms with Gasteiger partial charge in [-0.25, -0.2) is 4.68 Å². The third-order valence-electron chi connectivity index (χ3n) is 3.15. The summed E-state index contributed by atoms with van der Waals surface area (Å²) < 4.78 is 2.07. The van der Waals surface area contributed by atoms with Crippen LogP contribution in [-0.2, 0) is 6.42 Å². The fraction of sp³-hybridized carbons (Fsp3) is 0.400. The minimum absolute atomic E-state index is 0.984. The molecule has 0 aliphatic carbocycles. The van der Waals surface area contributed by atoms with Crippen LogP contribution in [0.25, 0.3) is 5.69 Å². The molecule has 0 saturated heterocycles. The lowest BCUT2D eigenvalue weighted by molar-refractivity contribution is 0.806. The van der Waals surface area contributed by atoms with Gasteiger partial charge in [-0.05, 0) is 51.3 Å². The highest BCUT2D eigenvalue weighted by molar-refractivity contribution is 5.49. The van der Waals surface area contributed by atoms with Crippen LogP contribution in [0.1, 0.15) is 35.0 Å². The van der Waals surface area contributed by atoms with E-state index < -0.39 is 0 Å². The molecule has 17 heavy (non-hydrogen) atoms. The fourth-order valence-electron chi connectivity index (χ4n) is 2.44. The van der Waals surface area contributed by atoms with Gasteiger partial charge in [0.15, 0.2) is 0 Å². The Bertz CT molecular complexity index is 527. The van der Waals surface area contributed by atoms with Crippen molar-refractivity contribution in [1.29, 1.82) is 0 Å². The highest BCUT2D eigenvalue weighted by Crippen LogP contribution is 2.22. The average Bonchev–Trinajstić information content (AvgIpc) is 2.59. The van der Waals surface area contributed by atoms with Crippen molar-refractivity contribution in [2.45, 2.75) is 41.0 Å². The Morgan fingerprint density at radius 3 is 2.06 bits per heavy atom. The molecular weight excluding hydrogens is 208 g/mol. The molecule has 0 atom stereocenters.